The Morgan fingerprint density at radius 3 is 2.38 bits per heavy atom. The lowest BCUT2D eigenvalue weighted by Gasteiger charge is -2.36. The Balaban J connectivity index is 1.56. The quantitative estimate of drug-likeness (QED) is 0.930. The van der Waals surface area contributed by atoms with Crippen molar-refractivity contribution in [1.82, 2.24) is 5.32 Å². The van der Waals surface area contributed by atoms with E-state index >= 15 is 0 Å². The molecule has 0 aromatic heterocycles. The molecule has 1 unspecified atom stereocenters. The van der Waals surface area contributed by atoms with Crippen molar-refractivity contribution in [3.8, 4) is 0 Å². The van der Waals surface area contributed by atoms with E-state index in [2.05, 4.69) is 5.32 Å². The standard InChI is InChI=1S/C17H20FNO2/c18-15-6-4-11(5-7-15)10-19-17(21)14-8-12-2-1-3-13(9-14)16(12)20/h4-7,12-14H,1-3,8-10H2,(H,19,21)/t12-,13+,14?. The summed E-state index contributed by atoms with van der Waals surface area (Å²) in [4.78, 5) is 24.3. The number of hydrogen-bond acceptors (Lipinski definition) is 2. The van der Waals surface area contributed by atoms with Gasteiger partial charge in [-0.1, -0.05) is 18.6 Å². The van der Waals surface area contributed by atoms with Gasteiger partial charge in [-0.15, -0.1) is 0 Å². The Labute approximate surface area is 123 Å². The second-order valence-electron chi connectivity index (χ2n) is 6.24. The Bertz CT molecular complexity index is 524. The van der Waals surface area contributed by atoms with Crippen LogP contribution in [0.25, 0.3) is 0 Å². The highest BCUT2D eigenvalue weighted by atomic mass is 19.1. The zero-order valence-corrected chi connectivity index (χ0v) is 12.0. The van der Waals surface area contributed by atoms with Crippen LogP contribution < -0.4 is 5.32 Å². The van der Waals surface area contributed by atoms with Crippen LogP contribution in [-0.2, 0) is 16.1 Å². The zero-order valence-electron chi connectivity index (χ0n) is 12.0. The van der Waals surface area contributed by atoms with E-state index < -0.39 is 0 Å². The van der Waals surface area contributed by atoms with Gasteiger partial charge in [0.2, 0.25) is 5.91 Å². The number of amides is 1. The highest BCUT2D eigenvalue weighted by molar-refractivity contribution is 5.88. The smallest absolute Gasteiger partial charge is 0.223 e. The predicted octanol–water partition coefficient (Wildman–Crippen LogP) is 2.84. The molecule has 2 aliphatic carbocycles. The van der Waals surface area contributed by atoms with Crippen LogP contribution >= 0.6 is 0 Å². The number of hydrogen-bond donors (Lipinski definition) is 1. The van der Waals surface area contributed by atoms with Gasteiger partial charge in [0.1, 0.15) is 11.6 Å². The van der Waals surface area contributed by atoms with E-state index in [1.165, 1.54) is 12.1 Å². The lowest BCUT2D eigenvalue weighted by Crippen LogP contribution is -2.42. The van der Waals surface area contributed by atoms with Gasteiger partial charge in [-0.2, -0.15) is 0 Å². The fourth-order valence-corrected chi connectivity index (χ4v) is 3.63. The number of fused-ring (bicyclic) bond motifs is 2. The average molecular weight is 289 g/mol. The molecule has 0 spiro atoms. The van der Waals surface area contributed by atoms with Crippen LogP contribution in [0.4, 0.5) is 4.39 Å². The molecule has 2 fully saturated rings. The Morgan fingerprint density at radius 2 is 1.76 bits per heavy atom. The summed E-state index contributed by atoms with van der Waals surface area (Å²) < 4.78 is 12.8. The molecule has 2 saturated carbocycles. The van der Waals surface area contributed by atoms with Crippen LogP contribution in [0, 0.1) is 23.6 Å². The molecule has 3 atom stereocenters. The minimum atomic E-state index is -0.274. The van der Waals surface area contributed by atoms with Gasteiger partial charge in [-0.05, 0) is 43.4 Å². The number of nitrogens with one attached hydrogen (secondary N) is 1. The first-order chi connectivity index (χ1) is 10.1. The maximum Gasteiger partial charge on any atom is 0.223 e. The third kappa shape index (κ3) is 3.14. The van der Waals surface area contributed by atoms with E-state index in [0.717, 1.165) is 24.8 Å². The molecular formula is C17H20FNO2. The Kier molecular flexibility index (Phi) is 4.04. The number of benzene rings is 1. The fraction of sp³-hybridized carbons (Fsp3) is 0.529. The van der Waals surface area contributed by atoms with E-state index in [-0.39, 0.29) is 29.5 Å². The molecule has 112 valence electrons. The van der Waals surface area contributed by atoms with E-state index in [1.807, 2.05) is 0 Å². The van der Waals surface area contributed by atoms with Crippen molar-refractivity contribution in [3.05, 3.63) is 35.6 Å². The number of halogens is 1. The number of Topliss-reactive ketones (excluding diaryl/α,β-unsaturated/α-hetero) is 1. The topological polar surface area (TPSA) is 46.2 Å². The molecule has 2 aliphatic rings. The largest absolute Gasteiger partial charge is 0.352 e. The van der Waals surface area contributed by atoms with Gasteiger partial charge in [0, 0.05) is 24.3 Å². The van der Waals surface area contributed by atoms with Crippen LogP contribution in [0.15, 0.2) is 24.3 Å². The molecule has 0 saturated heterocycles. The summed E-state index contributed by atoms with van der Waals surface area (Å²) in [5.74, 6) is 0.285. The zero-order chi connectivity index (χ0) is 14.8. The van der Waals surface area contributed by atoms with Crippen LogP contribution in [0.5, 0.6) is 0 Å². The summed E-state index contributed by atoms with van der Waals surface area (Å²) in [6, 6.07) is 6.14. The summed E-state index contributed by atoms with van der Waals surface area (Å²) in [6.07, 6.45) is 4.40. The molecule has 0 radical (unpaired) electrons. The second kappa shape index (κ2) is 5.96. The highest BCUT2D eigenvalue weighted by Gasteiger charge is 2.41. The Hall–Kier alpha value is -1.71. The van der Waals surface area contributed by atoms with Gasteiger partial charge in [0.15, 0.2) is 0 Å². The molecule has 2 bridgehead atoms. The van der Waals surface area contributed by atoms with Crippen LogP contribution in [0.2, 0.25) is 0 Å². The molecule has 0 heterocycles. The third-order valence-corrected chi connectivity index (χ3v) is 4.80. The number of carbonyl (C=O) groups excluding carboxylic acids is 2. The lowest BCUT2D eigenvalue weighted by atomic mass is 9.67. The molecule has 1 aromatic carbocycles. The van der Waals surface area contributed by atoms with Crippen LogP contribution in [0.3, 0.4) is 0 Å². The van der Waals surface area contributed by atoms with Crippen molar-refractivity contribution in [2.75, 3.05) is 0 Å². The van der Waals surface area contributed by atoms with E-state index in [9.17, 15) is 14.0 Å². The second-order valence-corrected chi connectivity index (χ2v) is 6.24. The van der Waals surface area contributed by atoms with Gasteiger partial charge in [-0.25, -0.2) is 4.39 Å². The SMILES string of the molecule is O=C(NCc1ccc(F)cc1)C1C[C@H]2CCC[C@@H](C1)C2=O. The number of ketones is 1. The maximum absolute atomic E-state index is 12.8. The monoisotopic (exact) mass is 289 g/mol. The molecule has 3 nitrogen and oxygen atoms in total. The van der Waals surface area contributed by atoms with Crippen LogP contribution in [0.1, 0.15) is 37.7 Å². The molecule has 3 rings (SSSR count). The first-order valence-electron chi connectivity index (χ1n) is 7.69. The van der Waals surface area contributed by atoms with Crippen molar-refractivity contribution >= 4 is 11.7 Å². The van der Waals surface area contributed by atoms with Gasteiger partial charge in [0.05, 0.1) is 0 Å². The normalized spacial score (nSPS) is 28.2. The first-order valence-corrected chi connectivity index (χ1v) is 7.69. The minimum Gasteiger partial charge on any atom is -0.352 e. The summed E-state index contributed by atoms with van der Waals surface area (Å²) in [6.45, 7) is 0.416. The minimum absolute atomic E-state index is 0.0312. The van der Waals surface area contributed by atoms with Crippen molar-refractivity contribution in [1.29, 1.82) is 0 Å². The first kappa shape index (κ1) is 14.2. The van der Waals surface area contributed by atoms with Crippen molar-refractivity contribution in [3.63, 3.8) is 0 Å². The number of carbonyl (C=O) groups is 2. The molecule has 1 amide bonds. The molecule has 4 heteroatoms. The van der Waals surface area contributed by atoms with Gasteiger partial charge < -0.3 is 5.32 Å². The van der Waals surface area contributed by atoms with Crippen molar-refractivity contribution in [2.45, 2.75) is 38.6 Å². The van der Waals surface area contributed by atoms with Gasteiger partial charge in [0.25, 0.3) is 0 Å². The predicted molar refractivity (Wildman–Crippen MR) is 76.8 cm³/mol. The Morgan fingerprint density at radius 1 is 1.14 bits per heavy atom. The van der Waals surface area contributed by atoms with E-state index in [1.54, 1.807) is 12.1 Å². The third-order valence-electron chi connectivity index (χ3n) is 4.80. The summed E-state index contributed by atoms with van der Waals surface area (Å²) >= 11 is 0. The number of rotatable bonds is 3. The van der Waals surface area contributed by atoms with E-state index in [4.69, 9.17) is 0 Å². The summed E-state index contributed by atoms with van der Waals surface area (Å²) in [5, 5.41) is 2.92. The van der Waals surface area contributed by atoms with Gasteiger partial charge >= 0.3 is 0 Å². The molecular weight excluding hydrogens is 269 g/mol. The van der Waals surface area contributed by atoms with Crippen LogP contribution in [-0.4, -0.2) is 11.7 Å². The van der Waals surface area contributed by atoms with Crippen molar-refractivity contribution in [2.24, 2.45) is 17.8 Å². The van der Waals surface area contributed by atoms with Crippen molar-refractivity contribution < 1.29 is 14.0 Å². The van der Waals surface area contributed by atoms with E-state index in [0.29, 0.717) is 25.2 Å². The fourth-order valence-electron chi connectivity index (χ4n) is 3.63. The average Bonchev–Trinajstić information content (AvgIpc) is 2.46. The maximum atomic E-state index is 12.8. The molecule has 1 N–H and O–H groups in total. The summed E-state index contributed by atoms with van der Waals surface area (Å²) in [5.41, 5.74) is 0.886. The van der Waals surface area contributed by atoms with Gasteiger partial charge in [-0.3, -0.25) is 9.59 Å². The lowest BCUT2D eigenvalue weighted by molar-refractivity contribution is -0.137. The molecule has 0 aliphatic heterocycles. The summed E-state index contributed by atoms with van der Waals surface area (Å²) in [7, 11) is 0. The molecule has 1 aromatic rings. The molecule has 21 heavy (non-hydrogen) atoms. The highest BCUT2D eigenvalue weighted by Crippen LogP contribution is 2.40.